The number of nitrogens with zero attached hydrogens (tertiary/aromatic N) is 5. The zero-order valence-corrected chi connectivity index (χ0v) is 22.9. The van der Waals surface area contributed by atoms with Crippen LogP contribution in [-0.2, 0) is 6.54 Å². The average molecular weight is 598 g/mol. The fourth-order valence-corrected chi connectivity index (χ4v) is 5.58. The van der Waals surface area contributed by atoms with Crippen LogP contribution in [0.25, 0.3) is 32.2 Å². The Morgan fingerprint density at radius 2 is 2.00 bits per heavy atom. The van der Waals surface area contributed by atoms with Crippen molar-refractivity contribution >= 4 is 50.0 Å². The average Bonchev–Trinajstić information content (AvgIpc) is 3.35. The molecule has 0 aliphatic heterocycles. The van der Waals surface area contributed by atoms with Gasteiger partial charge >= 0.3 is 12.6 Å². The molecule has 10 nitrogen and oxygen atoms in total. The SMILES string of the molecule is Cc1cc(-c2cc(Cl)ccc2OCCn2c(C)nc3c(OC(F)F)ncc(C#N)c3c2=O)c2scc(C(=O)O)c2n1. The number of benzene rings is 1. The Balaban J connectivity index is 1.51. The van der Waals surface area contributed by atoms with E-state index in [1.54, 1.807) is 31.2 Å². The summed E-state index contributed by atoms with van der Waals surface area (Å²) in [6.07, 6.45) is 0.983. The number of aromatic carboxylic acids is 1. The van der Waals surface area contributed by atoms with Crippen molar-refractivity contribution in [3.8, 4) is 28.8 Å². The molecule has 5 rings (SSSR count). The number of carboxylic acid groups (broad SMARTS) is 1. The first-order valence-electron chi connectivity index (χ1n) is 11.9. The number of aryl methyl sites for hydroxylation is 2. The number of fused-ring (bicyclic) bond motifs is 2. The van der Waals surface area contributed by atoms with E-state index in [1.807, 2.05) is 6.07 Å². The Kier molecular flexibility index (Phi) is 7.53. The summed E-state index contributed by atoms with van der Waals surface area (Å²) in [5.41, 5.74) is 1.30. The van der Waals surface area contributed by atoms with Crippen molar-refractivity contribution in [2.75, 3.05) is 6.61 Å². The summed E-state index contributed by atoms with van der Waals surface area (Å²) in [6.45, 7) is 0.0459. The topological polar surface area (TPSA) is 140 Å². The molecule has 0 atom stereocenters. The quantitative estimate of drug-likeness (QED) is 0.242. The Morgan fingerprint density at radius 1 is 1.22 bits per heavy atom. The highest BCUT2D eigenvalue weighted by atomic mass is 35.5. The number of halogens is 3. The molecule has 4 heterocycles. The van der Waals surface area contributed by atoms with Gasteiger partial charge in [-0.25, -0.2) is 14.8 Å². The largest absolute Gasteiger partial charge is 0.491 e. The Labute approximate surface area is 239 Å². The maximum absolute atomic E-state index is 13.4. The van der Waals surface area contributed by atoms with Crippen LogP contribution >= 0.6 is 22.9 Å². The summed E-state index contributed by atoms with van der Waals surface area (Å²) in [6, 6.07) is 8.63. The molecule has 5 aromatic rings. The van der Waals surface area contributed by atoms with Gasteiger partial charge in [-0.3, -0.25) is 14.3 Å². The molecule has 14 heteroatoms. The van der Waals surface area contributed by atoms with Crippen LogP contribution in [0.2, 0.25) is 5.02 Å². The second kappa shape index (κ2) is 11.1. The lowest BCUT2D eigenvalue weighted by atomic mass is 10.0. The van der Waals surface area contributed by atoms with Gasteiger partial charge in [-0.05, 0) is 38.1 Å². The number of nitriles is 1. The van der Waals surface area contributed by atoms with Gasteiger partial charge in [-0.2, -0.15) is 14.0 Å². The number of thiophene rings is 1. The number of hydrogen-bond donors (Lipinski definition) is 1. The number of carboxylic acids is 1. The second-order valence-corrected chi connectivity index (χ2v) is 10.1. The molecule has 0 aliphatic rings. The van der Waals surface area contributed by atoms with Crippen LogP contribution in [0.5, 0.6) is 11.6 Å². The minimum atomic E-state index is -3.19. The van der Waals surface area contributed by atoms with E-state index < -0.39 is 24.0 Å². The molecule has 0 saturated heterocycles. The third-order valence-electron chi connectivity index (χ3n) is 6.15. The van der Waals surface area contributed by atoms with E-state index >= 15 is 0 Å². The van der Waals surface area contributed by atoms with E-state index in [4.69, 9.17) is 16.3 Å². The number of carbonyl (C=O) groups is 1. The lowest BCUT2D eigenvalue weighted by Gasteiger charge is -2.16. The molecule has 0 saturated carbocycles. The number of pyridine rings is 2. The molecule has 208 valence electrons. The van der Waals surface area contributed by atoms with E-state index in [0.717, 1.165) is 6.20 Å². The summed E-state index contributed by atoms with van der Waals surface area (Å²) < 4.78 is 38.1. The molecular formula is C27H18ClF2N5O5S. The van der Waals surface area contributed by atoms with Gasteiger partial charge in [0.25, 0.3) is 5.56 Å². The van der Waals surface area contributed by atoms with E-state index in [-0.39, 0.29) is 41.0 Å². The van der Waals surface area contributed by atoms with E-state index in [9.17, 15) is 28.7 Å². The molecule has 1 aromatic carbocycles. The normalized spacial score (nSPS) is 11.2. The first-order valence-corrected chi connectivity index (χ1v) is 13.1. The smallest absolute Gasteiger partial charge is 0.388 e. The standard InChI is InChI=1S/C27H18ClF2N5O5S/c1-12-7-17(23-21(33-12)18(11-41-23)26(37)38)16-8-15(28)3-4-19(16)39-6-5-35-13(2)34-22-20(25(35)36)14(9-31)10-32-24(22)40-27(29)30/h3-4,7-8,10-11,27H,5-6H2,1-2H3,(H,37,38). The van der Waals surface area contributed by atoms with E-state index in [2.05, 4.69) is 19.7 Å². The minimum absolute atomic E-state index is 0.000844. The summed E-state index contributed by atoms with van der Waals surface area (Å²) >= 11 is 7.55. The van der Waals surface area contributed by atoms with Crippen molar-refractivity contribution < 1.29 is 28.2 Å². The van der Waals surface area contributed by atoms with Crippen molar-refractivity contribution in [2.24, 2.45) is 0 Å². The van der Waals surface area contributed by atoms with Crippen LogP contribution in [0, 0.1) is 25.2 Å². The van der Waals surface area contributed by atoms with Gasteiger partial charge < -0.3 is 14.6 Å². The maximum Gasteiger partial charge on any atom is 0.388 e. The third-order valence-corrected chi connectivity index (χ3v) is 7.39. The van der Waals surface area contributed by atoms with Gasteiger partial charge in [0, 0.05) is 33.4 Å². The zero-order chi connectivity index (χ0) is 29.4. The number of hydrogen-bond acceptors (Lipinski definition) is 9. The number of ether oxygens (including phenoxy) is 2. The number of alkyl halides is 2. The molecule has 0 fully saturated rings. The van der Waals surface area contributed by atoms with Crippen molar-refractivity contribution in [1.29, 1.82) is 5.26 Å². The van der Waals surface area contributed by atoms with Crippen LogP contribution in [0.15, 0.2) is 40.6 Å². The van der Waals surface area contributed by atoms with E-state index in [1.165, 1.54) is 28.2 Å². The first-order chi connectivity index (χ1) is 19.6. The maximum atomic E-state index is 13.4. The lowest BCUT2D eigenvalue weighted by Crippen LogP contribution is -2.27. The fraction of sp³-hybridized carbons (Fsp3) is 0.185. The Morgan fingerprint density at radius 3 is 2.71 bits per heavy atom. The minimum Gasteiger partial charge on any atom is -0.491 e. The van der Waals surface area contributed by atoms with Crippen LogP contribution in [0.3, 0.4) is 0 Å². The summed E-state index contributed by atoms with van der Waals surface area (Å²) in [4.78, 5) is 37.4. The Hall–Kier alpha value is -4.67. The molecule has 0 spiro atoms. The summed E-state index contributed by atoms with van der Waals surface area (Å²) in [5, 5.41) is 20.8. The summed E-state index contributed by atoms with van der Waals surface area (Å²) in [7, 11) is 0. The van der Waals surface area contributed by atoms with Gasteiger partial charge in [-0.1, -0.05) is 11.6 Å². The fourth-order valence-electron chi connectivity index (χ4n) is 4.40. The van der Waals surface area contributed by atoms with Crippen LogP contribution in [0.4, 0.5) is 8.78 Å². The monoisotopic (exact) mass is 597 g/mol. The van der Waals surface area contributed by atoms with Crippen molar-refractivity contribution in [2.45, 2.75) is 27.0 Å². The number of rotatable bonds is 8. The van der Waals surface area contributed by atoms with Gasteiger partial charge in [0.2, 0.25) is 5.88 Å². The van der Waals surface area contributed by atoms with Crippen molar-refractivity contribution in [1.82, 2.24) is 19.5 Å². The second-order valence-electron chi connectivity index (χ2n) is 8.74. The molecule has 0 bridgehead atoms. The van der Waals surface area contributed by atoms with Gasteiger partial charge in [0.05, 0.1) is 33.3 Å². The van der Waals surface area contributed by atoms with Gasteiger partial charge in [0.15, 0.2) is 0 Å². The summed E-state index contributed by atoms with van der Waals surface area (Å²) in [5.74, 6) is -1.05. The van der Waals surface area contributed by atoms with Crippen molar-refractivity contribution in [3.63, 3.8) is 0 Å². The van der Waals surface area contributed by atoms with Gasteiger partial charge in [0.1, 0.15) is 29.8 Å². The number of aromatic nitrogens is 4. The molecular weight excluding hydrogens is 580 g/mol. The highest BCUT2D eigenvalue weighted by Crippen LogP contribution is 2.40. The highest BCUT2D eigenvalue weighted by molar-refractivity contribution is 7.18. The zero-order valence-electron chi connectivity index (χ0n) is 21.3. The van der Waals surface area contributed by atoms with Crippen LogP contribution < -0.4 is 15.0 Å². The van der Waals surface area contributed by atoms with Crippen molar-refractivity contribution in [3.05, 3.63) is 73.9 Å². The third kappa shape index (κ3) is 5.27. The Bertz CT molecular complexity index is 1950. The molecule has 1 N–H and O–H groups in total. The van der Waals surface area contributed by atoms with E-state index in [0.29, 0.717) is 37.8 Å². The van der Waals surface area contributed by atoms with Crippen LogP contribution in [0.1, 0.15) is 27.4 Å². The first kappa shape index (κ1) is 27.9. The predicted molar refractivity (Wildman–Crippen MR) is 147 cm³/mol. The molecule has 0 radical (unpaired) electrons. The molecule has 4 aromatic heterocycles. The lowest BCUT2D eigenvalue weighted by molar-refractivity contribution is -0.0518. The molecule has 0 unspecified atom stereocenters. The van der Waals surface area contributed by atoms with Crippen LogP contribution in [-0.4, -0.2) is 43.8 Å². The van der Waals surface area contributed by atoms with Gasteiger partial charge in [-0.15, -0.1) is 11.3 Å². The molecule has 41 heavy (non-hydrogen) atoms. The molecule has 0 amide bonds. The predicted octanol–water partition coefficient (Wildman–Crippen LogP) is 5.59. The molecule has 0 aliphatic carbocycles. The highest BCUT2D eigenvalue weighted by Gasteiger charge is 2.21.